The number of aliphatic carboxylic acids is 1. The van der Waals surface area contributed by atoms with Crippen LogP contribution in [0.5, 0.6) is 0 Å². The average molecular weight is 506 g/mol. The highest BCUT2D eigenvalue weighted by molar-refractivity contribution is 6.35. The van der Waals surface area contributed by atoms with Crippen LogP contribution in [0.15, 0.2) is 42.5 Å². The maximum atomic E-state index is 13.1. The highest BCUT2D eigenvalue weighted by atomic mass is 35.5. The van der Waals surface area contributed by atoms with Crippen molar-refractivity contribution in [3.05, 3.63) is 86.7 Å². The molecule has 7 nitrogen and oxygen atoms in total. The van der Waals surface area contributed by atoms with Crippen LogP contribution in [0.3, 0.4) is 0 Å². The van der Waals surface area contributed by atoms with Gasteiger partial charge in [0, 0.05) is 39.6 Å². The number of benzene rings is 2. The summed E-state index contributed by atoms with van der Waals surface area (Å²) in [6, 6.07) is 12.4. The highest BCUT2D eigenvalue weighted by Crippen LogP contribution is 2.35. The number of aromatic nitrogens is 1. The van der Waals surface area contributed by atoms with Gasteiger partial charge < -0.3 is 20.7 Å². The number of carbonyl (C=O) groups excluding carboxylic acids is 2. The number of rotatable bonds is 8. The molecule has 0 saturated heterocycles. The molecule has 0 spiro atoms. The largest absolute Gasteiger partial charge is 0.481 e. The van der Waals surface area contributed by atoms with E-state index in [1.165, 1.54) is 0 Å². The molecule has 36 heavy (non-hydrogen) atoms. The molecule has 4 rings (SSSR count). The molecule has 4 N–H and O–H groups in total. The van der Waals surface area contributed by atoms with E-state index in [0.717, 1.165) is 28.1 Å². The molecule has 3 aromatic rings. The predicted molar refractivity (Wildman–Crippen MR) is 141 cm³/mol. The Morgan fingerprint density at radius 3 is 2.64 bits per heavy atom. The fourth-order valence-corrected chi connectivity index (χ4v) is 4.77. The van der Waals surface area contributed by atoms with Gasteiger partial charge in [0.15, 0.2) is 0 Å². The Morgan fingerprint density at radius 2 is 1.94 bits per heavy atom. The highest BCUT2D eigenvalue weighted by Gasteiger charge is 2.26. The van der Waals surface area contributed by atoms with E-state index in [2.05, 4.69) is 15.6 Å². The van der Waals surface area contributed by atoms with Crippen molar-refractivity contribution in [2.45, 2.75) is 46.1 Å². The summed E-state index contributed by atoms with van der Waals surface area (Å²) in [5.41, 5.74) is 6.54. The number of nitrogens with one attached hydrogen (secondary N) is 3. The Balaban J connectivity index is 1.62. The molecular formula is C28H28ClN3O4. The second-order valence-corrected chi connectivity index (χ2v) is 9.36. The van der Waals surface area contributed by atoms with Crippen molar-refractivity contribution in [1.29, 1.82) is 0 Å². The van der Waals surface area contributed by atoms with Crippen LogP contribution in [0.25, 0.3) is 11.6 Å². The number of H-pyrrole nitrogens is 1. The molecule has 0 bridgehead atoms. The second-order valence-electron chi connectivity index (χ2n) is 8.92. The van der Waals surface area contributed by atoms with E-state index in [0.29, 0.717) is 40.3 Å². The molecule has 1 aliphatic heterocycles. The Bertz CT molecular complexity index is 1390. The normalized spacial score (nSPS) is 14.4. The maximum Gasteiger partial charge on any atom is 0.303 e. The third-order valence-electron chi connectivity index (χ3n) is 6.54. The number of fused-ring (bicyclic) bond motifs is 1. The molecule has 1 atom stereocenters. The number of hydrogen-bond donors (Lipinski definition) is 4. The minimum atomic E-state index is -0.856. The van der Waals surface area contributed by atoms with Crippen LogP contribution in [0.4, 0.5) is 5.69 Å². The van der Waals surface area contributed by atoms with Gasteiger partial charge in [0.2, 0.25) is 0 Å². The van der Waals surface area contributed by atoms with Crippen LogP contribution < -0.4 is 10.6 Å². The Hall–Kier alpha value is -3.84. The first kappa shape index (κ1) is 25.3. The molecule has 2 heterocycles. The Morgan fingerprint density at radius 1 is 1.17 bits per heavy atom. The van der Waals surface area contributed by atoms with E-state index in [-0.39, 0.29) is 24.3 Å². The topological polar surface area (TPSA) is 111 Å². The minimum Gasteiger partial charge on any atom is -0.481 e. The van der Waals surface area contributed by atoms with Gasteiger partial charge in [-0.3, -0.25) is 14.4 Å². The van der Waals surface area contributed by atoms with Crippen LogP contribution in [0.1, 0.15) is 69.8 Å². The zero-order valence-corrected chi connectivity index (χ0v) is 21.1. The third kappa shape index (κ3) is 5.21. The number of amides is 2. The van der Waals surface area contributed by atoms with Crippen LogP contribution in [-0.2, 0) is 16.0 Å². The van der Waals surface area contributed by atoms with Crippen LogP contribution in [-0.4, -0.2) is 27.9 Å². The fourth-order valence-electron chi connectivity index (χ4n) is 4.57. The van der Waals surface area contributed by atoms with E-state index >= 15 is 0 Å². The summed E-state index contributed by atoms with van der Waals surface area (Å²) in [5.74, 6) is -1.36. The lowest BCUT2D eigenvalue weighted by Crippen LogP contribution is -2.28. The average Bonchev–Trinajstić information content (AvgIpc) is 3.29. The van der Waals surface area contributed by atoms with Crippen molar-refractivity contribution in [3.63, 3.8) is 0 Å². The first-order chi connectivity index (χ1) is 17.2. The van der Waals surface area contributed by atoms with Gasteiger partial charge in [-0.15, -0.1) is 0 Å². The van der Waals surface area contributed by atoms with E-state index in [9.17, 15) is 14.4 Å². The molecule has 8 heteroatoms. The van der Waals surface area contributed by atoms with Crippen LogP contribution >= 0.6 is 11.6 Å². The second kappa shape index (κ2) is 10.4. The monoisotopic (exact) mass is 505 g/mol. The van der Waals surface area contributed by atoms with Gasteiger partial charge in [-0.2, -0.15) is 0 Å². The predicted octanol–water partition coefficient (Wildman–Crippen LogP) is 5.68. The maximum absolute atomic E-state index is 13.1. The molecule has 1 aromatic heterocycles. The van der Waals surface area contributed by atoms with Gasteiger partial charge in [0.1, 0.15) is 0 Å². The first-order valence-corrected chi connectivity index (χ1v) is 12.2. The summed E-state index contributed by atoms with van der Waals surface area (Å²) in [4.78, 5) is 40.2. The van der Waals surface area contributed by atoms with E-state index in [1.54, 1.807) is 30.3 Å². The number of aryl methyl sites for hydroxylation is 1. The van der Waals surface area contributed by atoms with Gasteiger partial charge in [0.05, 0.1) is 11.6 Å². The molecule has 0 fully saturated rings. The molecule has 2 amide bonds. The Labute approximate surface area is 214 Å². The quantitative estimate of drug-likeness (QED) is 0.295. The number of carbonyl (C=O) groups is 3. The number of hydrogen-bond acceptors (Lipinski definition) is 3. The first-order valence-electron chi connectivity index (χ1n) is 11.8. The van der Waals surface area contributed by atoms with Crippen molar-refractivity contribution in [1.82, 2.24) is 10.3 Å². The number of halogens is 1. The summed E-state index contributed by atoms with van der Waals surface area (Å²) < 4.78 is 0. The van der Waals surface area contributed by atoms with Gasteiger partial charge in [-0.25, -0.2) is 0 Å². The van der Waals surface area contributed by atoms with E-state index in [4.69, 9.17) is 16.7 Å². The number of anilines is 1. The standard InChI is InChI=1S/C28H28ClN3O4/c1-4-23(17-6-5-7-19(29)12-17)31-27(35)18-8-10-24-21(13-18)22(28(36)32-24)14-25-15(2)20(16(3)30-25)9-11-26(33)34/h5-8,10,12-14,23,30H,4,9,11H2,1-3H3,(H,31,35)(H,32,36)(H,33,34)/b22-14-. The molecule has 1 unspecified atom stereocenters. The SMILES string of the molecule is CCC(NC(=O)c1ccc2c(c1)/C(=C/c1[nH]c(C)c(CCC(=O)O)c1C)C(=O)N2)c1cccc(Cl)c1. The van der Waals surface area contributed by atoms with Crippen LogP contribution in [0, 0.1) is 13.8 Å². The smallest absolute Gasteiger partial charge is 0.303 e. The summed E-state index contributed by atoms with van der Waals surface area (Å²) >= 11 is 6.13. The molecule has 2 aromatic carbocycles. The molecule has 0 saturated carbocycles. The lowest BCUT2D eigenvalue weighted by atomic mass is 10.00. The summed E-state index contributed by atoms with van der Waals surface area (Å²) in [6.07, 6.45) is 2.89. The van der Waals surface area contributed by atoms with E-state index in [1.807, 2.05) is 39.0 Å². The Kier molecular flexibility index (Phi) is 7.31. The van der Waals surface area contributed by atoms with Gasteiger partial charge in [0.25, 0.3) is 11.8 Å². The molecular weight excluding hydrogens is 478 g/mol. The van der Waals surface area contributed by atoms with Crippen molar-refractivity contribution in [2.24, 2.45) is 0 Å². The zero-order chi connectivity index (χ0) is 26.0. The van der Waals surface area contributed by atoms with Crippen molar-refractivity contribution >= 4 is 46.7 Å². The zero-order valence-electron chi connectivity index (χ0n) is 20.4. The number of carboxylic acids is 1. The molecule has 0 aliphatic carbocycles. The van der Waals surface area contributed by atoms with Gasteiger partial charge in [-0.1, -0.05) is 30.7 Å². The number of carboxylic acid groups (broad SMARTS) is 1. The van der Waals surface area contributed by atoms with Crippen molar-refractivity contribution < 1.29 is 19.5 Å². The van der Waals surface area contributed by atoms with Crippen LogP contribution in [0.2, 0.25) is 5.02 Å². The van der Waals surface area contributed by atoms with Gasteiger partial charge in [-0.05, 0) is 79.8 Å². The molecule has 1 aliphatic rings. The number of aromatic amines is 1. The lowest BCUT2D eigenvalue weighted by Gasteiger charge is -2.18. The summed E-state index contributed by atoms with van der Waals surface area (Å²) in [6.45, 7) is 5.79. The van der Waals surface area contributed by atoms with E-state index < -0.39 is 5.97 Å². The lowest BCUT2D eigenvalue weighted by molar-refractivity contribution is -0.137. The van der Waals surface area contributed by atoms with Gasteiger partial charge >= 0.3 is 5.97 Å². The third-order valence-corrected chi connectivity index (χ3v) is 6.77. The van der Waals surface area contributed by atoms with Crippen molar-refractivity contribution in [3.8, 4) is 0 Å². The van der Waals surface area contributed by atoms with Crippen molar-refractivity contribution in [2.75, 3.05) is 5.32 Å². The summed E-state index contributed by atoms with van der Waals surface area (Å²) in [5, 5.41) is 15.6. The summed E-state index contributed by atoms with van der Waals surface area (Å²) in [7, 11) is 0. The molecule has 0 radical (unpaired) electrons. The minimum absolute atomic E-state index is 0.0330. The molecule has 186 valence electrons. The fraction of sp³-hybridized carbons (Fsp3) is 0.250.